The van der Waals surface area contributed by atoms with E-state index in [0.717, 1.165) is 19.3 Å². The summed E-state index contributed by atoms with van der Waals surface area (Å²) >= 11 is 0. The molecule has 2 rings (SSSR count). The lowest BCUT2D eigenvalue weighted by atomic mass is 9.90. The highest BCUT2D eigenvalue weighted by Gasteiger charge is 2.31. The van der Waals surface area contributed by atoms with Gasteiger partial charge in [-0.2, -0.15) is 0 Å². The first-order valence-corrected chi connectivity index (χ1v) is 6.45. The minimum atomic E-state index is -0.766. The Morgan fingerprint density at radius 3 is 2.56 bits per heavy atom. The molecule has 4 heteroatoms. The van der Waals surface area contributed by atoms with Crippen LogP contribution in [0.3, 0.4) is 0 Å². The van der Waals surface area contributed by atoms with Crippen LogP contribution in [0.4, 0.5) is 8.78 Å². The van der Waals surface area contributed by atoms with E-state index in [4.69, 9.17) is 5.84 Å². The molecule has 0 aliphatic heterocycles. The Morgan fingerprint density at radius 2 is 2.00 bits per heavy atom. The third-order valence-corrected chi connectivity index (χ3v) is 4.03. The van der Waals surface area contributed by atoms with E-state index in [2.05, 4.69) is 12.3 Å². The van der Waals surface area contributed by atoms with Crippen LogP contribution < -0.4 is 11.3 Å². The fourth-order valence-electron chi connectivity index (χ4n) is 2.93. The molecule has 0 amide bonds. The second-order valence-corrected chi connectivity index (χ2v) is 5.42. The van der Waals surface area contributed by atoms with Gasteiger partial charge in [0.1, 0.15) is 0 Å². The highest BCUT2D eigenvalue weighted by atomic mass is 19.2. The minimum Gasteiger partial charge on any atom is -0.271 e. The van der Waals surface area contributed by atoms with E-state index in [-0.39, 0.29) is 12.0 Å². The van der Waals surface area contributed by atoms with Crippen molar-refractivity contribution in [3.63, 3.8) is 0 Å². The molecule has 1 aromatic rings. The van der Waals surface area contributed by atoms with E-state index in [1.807, 2.05) is 0 Å². The zero-order chi connectivity index (χ0) is 13.3. The van der Waals surface area contributed by atoms with Gasteiger partial charge in [-0.3, -0.25) is 11.3 Å². The van der Waals surface area contributed by atoms with Gasteiger partial charge in [0, 0.05) is 5.56 Å². The van der Waals surface area contributed by atoms with Crippen molar-refractivity contribution in [2.24, 2.45) is 17.7 Å². The van der Waals surface area contributed by atoms with E-state index >= 15 is 0 Å². The van der Waals surface area contributed by atoms with E-state index in [1.54, 1.807) is 19.1 Å². The average molecular weight is 254 g/mol. The fourth-order valence-corrected chi connectivity index (χ4v) is 2.93. The molecular formula is C14H20F2N2. The zero-order valence-corrected chi connectivity index (χ0v) is 10.8. The molecule has 1 aromatic carbocycles. The number of aryl methyl sites for hydroxylation is 1. The zero-order valence-electron chi connectivity index (χ0n) is 10.8. The summed E-state index contributed by atoms with van der Waals surface area (Å²) in [5.74, 6) is 4.92. The molecule has 0 bridgehead atoms. The molecule has 18 heavy (non-hydrogen) atoms. The number of hydrazine groups is 1. The Labute approximate surface area is 107 Å². The minimum absolute atomic E-state index is 0.279. The van der Waals surface area contributed by atoms with E-state index < -0.39 is 11.6 Å². The second kappa shape index (κ2) is 5.33. The average Bonchev–Trinajstić information content (AvgIpc) is 2.77. The predicted molar refractivity (Wildman–Crippen MR) is 67.7 cm³/mol. The lowest BCUT2D eigenvalue weighted by Gasteiger charge is -2.24. The summed E-state index contributed by atoms with van der Waals surface area (Å²) in [5, 5.41) is 0. The Balaban J connectivity index is 2.30. The number of halogens is 2. The van der Waals surface area contributed by atoms with Gasteiger partial charge in [-0.1, -0.05) is 25.5 Å². The highest BCUT2D eigenvalue weighted by molar-refractivity contribution is 5.28. The molecule has 0 aromatic heterocycles. The first-order chi connectivity index (χ1) is 8.54. The summed E-state index contributed by atoms with van der Waals surface area (Å²) in [6, 6.07) is 2.95. The van der Waals surface area contributed by atoms with E-state index in [1.165, 1.54) is 0 Å². The Morgan fingerprint density at radius 1 is 1.28 bits per heavy atom. The van der Waals surface area contributed by atoms with Crippen LogP contribution in [-0.2, 0) is 0 Å². The van der Waals surface area contributed by atoms with Gasteiger partial charge in [0.2, 0.25) is 0 Å². The van der Waals surface area contributed by atoms with E-state index in [9.17, 15) is 8.78 Å². The molecule has 0 heterocycles. The standard InChI is InChI=1S/C14H20F2N2/c1-8-3-5-10(7-8)14(18-17)11-6-4-9(2)12(15)13(11)16/h4,6,8,10,14,18H,3,5,7,17H2,1-2H3. The maximum atomic E-state index is 14.0. The van der Waals surface area contributed by atoms with Crippen molar-refractivity contribution in [3.8, 4) is 0 Å². The van der Waals surface area contributed by atoms with Crippen molar-refractivity contribution in [3.05, 3.63) is 34.9 Å². The first kappa shape index (κ1) is 13.4. The first-order valence-electron chi connectivity index (χ1n) is 6.45. The van der Waals surface area contributed by atoms with Gasteiger partial charge in [-0.15, -0.1) is 0 Å². The number of nitrogens with two attached hydrogens (primary N) is 1. The molecular weight excluding hydrogens is 234 g/mol. The molecule has 100 valence electrons. The van der Waals surface area contributed by atoms with Crippen LogP contribution in [0.2, 0.25) is 0 Å². The van der Waals surface area contributed by atoms with Gasteiger partial charge in [-0.25, -0.2) is 8.78 Å². The van der Waals surface area contributed by atoms with Crippen molar-refractivity contribution >= 4 is 0 Å². The molecule has 1 aliphatic rings. The summed E-state index contributed by atoms with van der Waals surface area (Å²) in [4.78, 5) is 0. The largest absolute Gasteiger partial charge is 0.271 e. The second-order valence-electron chi connectivity index (χ2n) is 5.42. The highest BCUT2D eigenvalue weighted by Crippen LogP contribution is 2.39. The number of hydrogen-bond donors (Lipinski definition) is 2. The van der Waals surface area contributed by atoms with Gasteiger partial charge in [-0.05, 0) is 37.2 Å². The molecule has 3 unspecified atom stereocenters. The summed E-state index contributed by atoms with van der Waals surface area (Å²) in [6.07, 6.45) is 3.13. The SMILES string of the molecule is Cc1ccc(C(NN)C2CCC(C)C2)c(F)c1F. The Kier molecular flexibility index (Phi) is 3.97. The summed E-state index contributed by atoms with van der Waals surface area (Å²) in [7, 11) is 0. The van der Waals surface area contributed by atoms with Crippen molar-refractivity contribution in [2.45, 2.75) is 39.2 Å². The molecule has 0 saturated heterocycles. The lowest BCUT2D eigenvalue weighted by molar-refractivity contribution is 0.348. The van der Waals surface area contributed by atoms with Crippen LogP contribution in [0.1, 0.15) is 43.4 Å². The van der Waals surface area contributed by atoms with Gasteiger partial charge >= 0.3 is 0 Å². The Hall–Kier alpha value is -1.00. The molecule has 0 spiro atoms. The van der Waals surface area contributed by atoms with Gasteiger partial charge in [0.05, 0.1) is 6.04 Å². The summed E-state index contributed by atoms with van der Waals surface area (Å²) in [5.41, 5.74) is 3.33. The number of hydrogen-bond acceptors (Lipinski definition) is 2. The van der Waals surface area contributed by atoms with Crippen LogP contribution in [-0.4, -0.2) is 0 Å². The van der Waals surface area contributed by atoms with Crippen LogP contribution in [0, 0.1) is 30.4 Å². The van der Waals surface area contributed by atoms with Gasteiger partial charge in [0.15, 0.2) is 11.6 Å². The maximum Gasteiger partial charge on any atom is 0.163 e. The molecule has 3 atom stereocenters. The lowest BCUT2D eigenvalue weighted by Crippen LogP contribution is -2.33. The van der Waals surface area contributed by atoms with Crippen molar-refractivity contribution in [1.82, 2.24) is 5.43 Å². The number of rotatable bonds is 3. The Bertz CT molecular complexity index is 434. The predicted octanol–water partition coefficient (Wildman–Crippen LogP) is 3.21. The molecule has 3 N–H and O–H groups in total. The number of benzene rings is 1. The quantitative estimate of drug-likeness (QED) is 0.642. The van der Waals surface area contributed by atoms with E-state index in [0.29, 0.717) is 17.0 Å². The van der Waals surface area contributed by atoms with Crippen LogP contribution in [0.5, 0.6) is 0 Å². The van der Waals surface area contributed by atoms with Crippen molar-refractivity contribution in [1.29, 1.82) is 0 Å². The smallest absolute Gasteiger partial charge is 0.163 e. The molecule has 1 saturated carbocycles. The molecule has 0 radical (unpaired) electrons. The van der Waals surface area contributed by atoms with Crippen LogP contribution >= 0.6 is 0 Å². The molecule has 1 aliphatic carbocycles. The maximum absolute atomic E-state index is 14.0. The fraction of sp³-hybridized carbons (Fsp3) is 0.571. The third-order valence-electron chi connectivity index (χ3n) is 4.03. The molecule has 1 fully saturated rings. The van der Waals surface area contributed by atoms with Gasteiger partial charge < -0.3 is 0 Å². The normalized spacial score (nSPS) is 25.4. The monoisotopic (exact) mass is 254 g/mol. The summed E-state index contributed by atoms with van der Waals surface area (Å²) in [6.45, 7) is 3.74. The van der Waals surface area contributed by atoms with Crippen LogP contribution in [0.25, 0.3) is 0 Å². The third kappa shape index (κ3) is 2.40. The van der Waals surface area contributed by atoms with Crippen molar-refractivity contribution in [2.75, 3.05) is 0 Å². The van der Waals surface area contributed by atoms with Gasteiger partial charge in [0.25, 0.3) is 0 Å². The van der Waals surface area contributed by atoms with Crippen LogP contribution in [0.15, 0.2) is 12.1 Å². The summed E-state index contributed by atoms with van der Waals surface area (Å²) < 4.78 is 27.6. The molecule has 2 nitrogen and oxygen atoms in total. The van der Waals surface area contributed by atoms with Crippen molar-refractivity contribution < 1.29 is 8.78 Å². The topological polar surface area (TPSA) is 38.0 Å². The number of nitrogens with one attached hydrogen (secondary N) is 1.